The number of nitrogens with zero attached hydrogens (tertiary/aromatic N) is 6. The minimum absolute atomic E-state index is 0.0189. The summed E-state index contributed by atoms with van der Waals surface area (Å²) in [5, 5.41) is 0. The lowest BCUT2D eigenvalue weighted by Gasteiger charge is -2.20. The molecule has 3 heterocycles. The predicted molar refractivity (Wildman–Crippen MR) is 114 cm³/mol. The molecule has 0 N–H and O–H groups in total. The highest BCUT2D eigenvalue weighted by Crippen LogP contribution is 2.34. The summed E-state index contributed by atoms with van der Waals surface area (Å²) in [5.41, 5.74) is 1.80. The highest BCUT2D eigenvalue weighted by Gasteiger charge is 2.31. The van der Waals surface area contributed by atoms with Crippen LogP contribution in [0.3, 0.4) is 0 Å². The van der Waals surface area contributed by atoms with Gasteiger partial charge in [-0.25, -0.2) is 24.1 Å². The van der Waals surface area contributed by atoms with Gasteiger partial charge in [-0.2, -0.15) is 0 Å². The van der Waals surface area contributed by atoms with Crippen LogP contribution < -0.4 is 10.6 Å². The van der Waals surface area contributed by atoms with Crippen LogP contribution >= 0.6 is 0 Å². The number of rotatable bonds is 5. The molecule has 4 rings (SSSR count). The molecule has 160 valence electrons. The molecule has 0 saturated carbocycles. The van der Waals surface area contributed by atoms with Crippen molar-refractivity contribution in [1.29, 1.82) is 0 Å². The van der Waals surface area contributed by atoms with Crippen molar-refractivity contribution >= 4 is 11.9 Å². The van der Waals surface area contributed by atoms with Gasteiger partial charge in [0.1, 0.15) is 12.4 Å². The molecule has 0 aliphatic carbocycles. The van der Waals surface area contributed by atoms with Crippen molar-refractivity contribution in [3.05, 3.63) is 70.9 Å². The standard InChI is InChI=1S/C22H23FN6O2/c1-27(2)21-25-12-18(15-5-3-6-17(23)11-15)20(26-21)16-7-10-28(13-16)19(30)14-29-9-4-8-24-22(29)31/h3-6,8-9,11-12,16H,7,10,13-14H2,1-2H3/t16-/m0/s1. The lowest BCUT2D eigenvalue weighted by atomic mass is 9.96. The zero-order chi connectivity index (χ0) is 22.0. The van der Waals surface area contributed by atoms with E-state index in [2.05, 4.69) is 9.97 Å². The number of halogens is 1. The van der Waals surface area contributed by atoms with Gasteiger partial charge < -0.3 is 9.80 Å². The van der Waals surface area contributed by atoms with E-state index >= 15 is 0 Å². The fraction of sp³-hybridized carbons (Fsp3) is 0.318. The fourth-order valence-electron chi connectivity index (χ4n) is 3.75. The van der Waals surface area contributed by atoms with Crippen molar-refractivity contribution in [2.45, 2.75) is 18.9 Å². The SMILES string of the molecule is CN(C)c1ncc(-c2cccc(F)c2)c([C@H]2CCN(C(=O)Cn3cccnc3=O)C2)n1. The van der Waals surface area contributed by atoms with Crippen LogP contribution in [-0.2, 0) is 11.3 Å². The zero-order valence-electron chi connectivity index (χ0n) is 17.4. The van der Waals surface area contributed by atoms with Gasteiger partial charge in [-0.15, -0.1) is 0 Å². The molecule has 9 heteroatoms. The number of likely N-dealkylation sites (tertiary alicyclic amines) is 1. The number of anilines is 1. The molecule has 0 bridgehead atoms. The van der Waals surface area contributed by atoms with Gasteiger partial charge in [-0.1, -0.05) is 12.1 Å². The highest BCUT2D eigenvalue weighted by atomic mass is 19.1. The van der Waals surface area contributed by atoms with Crippen LogP contribution in [0.5, 0.6) is 0 Å². The summed E-state index contributed by atoms with van der Waals surface area (Å²) < 4.78 is 15.1. The van der Waals surface area contributed by atoms with Crippen LogP contribution in [0, 0.1) is 5.82 Å². The van der Waals surface area contributed by atoms with Crippen molar-refractivity contribution in [3.8, 4) is 11.1 Å². The van der Waals surface area contributed by atoms with E-state index in [-0.39, 0.29) is 24.2 Å². The van der Waals surface area contributed by atoms with Gasteiger partial charge >= 0.3 is 5.69 Å². The van der Waals surface area contributed by atoms with E-state index in [9.17, 15) is 14.0 Å². The van der Waals surface area contributed by atoms with E-state index in [1.165, 1.54) is 22.9 Å². The number of carbonyl (C=O) groups is 1. The molecule has 8 nitrogen and oxygen atoms in total. The number of carbonyl (C=O) groups excluding carboxylic acids is 1. The van der Waals surface area contributed by atoms with Crippen molar-refractivity contribution in [3.63, 3.8) is 0 Å². The molecule has 1 aromatic carbocycles. The maximum Gasteiger partial charge on any atom is 0.347 e. The van der Waals surface area contributed by atoms with E-state index in [4.69, 9.17) is 4.98 Å². The Morgan fingerprint density at radius 3 is 2.84 bits per heavy atom. The Hall–Kier alpha value is -3.62. The number of benzene rings is 1. The molecule has 0 unspecified atom stereocenters. The second kappa shape index (κ2) is 8.63. The number of hydrogen-bond donors (Lipinski definition) is 0. The molecule has 1 fully saturated rings. The Morgan fingerprint density at radius 2 is 2.10 bits per heavy atom. The van der Waals surface area contributed by atoms with Crippen molar-refractivity contribution < 1.29 is 9.18 Å². The third-order valence-corrected chi connectivity index (χ3v) is 5.36. The highest BCUT2D eigenvalue weighted by molar-refractivity contribution is 5.76. The normalized spacial score (nSPS) is 15.8. The quantitative estimate of drug-likeness (QED) is 0.625. The van der Waals surface area contributed by atoms with E-state index in [0.717, 1.165) is 17.7 Å². The lowest BCUT2D eigenvalue weighted by Crippen LogP contribution is -2.35. The Kier molecular flexibility index (Phi) is 5.75. The van der Waals surface area contributed by atoms with Gasteiger partial charge in [0.2, 0.25) is 11.9 Å². The first kappa shape index (κ1) is 20.6. The minimum atomic E-state index is -0.452. The van der Waals surface area contributed by atoms with E-state index < -0.39 is 5.69 Å². The monoisotopic (exact) mass is 422 g/mol. The summed E-state index contributed by atoms with van der Waals surface area (Å²) >= 11 is 0. The topological polar surface area (TPSA) is 84.2 Å². The molecule has 1 atom stereocenters. The Labute approximate surface area is 179 Å². The number of hydrogen-bond acceptors (Lipinski definition) is 6. The summed E-state index contributed by atoms with van der Waals surface area (Å²) in [6.45, 7) is 0.977. The molecule has 3 aromatic rings. The first-order valence-electron chi connectivity index (χ1n) is 10.0. The van der Waals surface area contributed by atoms with Gasteiger partial charge in [-0.3, -0.25) is 9.36 Å². The van der Waals surface area contributed by atoms with Gasteiger partial charge in [0.25, 0.3) is 0 Å². The first-order valence-corrected chi connectivity index (χ1v) is 10.0. The third-order valence-electron chi connectivity index (χ3n) is 5.36. The molecule has 1 saturated heterocycles. The second-order valence-electron chi connectivity index (χ2n) is 7.73. The van der Waals surface area contributed by atoms with Gasteiger partial charge in [0, 0.05) is 57.3 Å². The summed E-state index contributed by atoms with van der Waals surface area (Å²) in [7, 11) is 3.72. The largest absolute Gasteiger partial charge is 0.347 e. The van der Waals surface area contributed by atoms with Crippen LogP contribution in [0.2, 0.25) is 0 Å². The van der Waals surface area contributed by atoms with Crippen molar-refractivity contribution in [2.24, 2.45) is 0 Å². The van der Waals surface area contributed by atoms with E-state index in [1.54, 1.807) is 29.4 Å². The van der Waals surface area contributed by atoms with Crippen LogP contribution in [-0.4, -0.2) is 57.5 Å². The molecule has 1 aliphatic rings. The number of aromatic nitrogens is 4. The summed E-state index contributed by atoms with van der Waals surface area (Å²) in [6, 6.07) is 7.97. The Morgan fingerprint density at radius 1 is 1.26 bits per heavy atom. The minimum Gasteiger partial charge on any atom is -0.347 e. The smallest absolute Gasteiger partial charge is 0.347 e. The molecule has 1 amide bonds. The van der Waals surface area contributed by atoms with Crippen LogP contribution in [0.1, 0.15) is 18.0 Å². The molecule has 31 heavy (non-hydrogen) atoms. The van der Waals surface area contributed by atoms with Gasteiger partial charge in [0.05, 0.1) is 5.69 Å². The summed E-state index contributed by atoms with van der Waals surface area (Å²) in [5.74, 6) is 0.0634. The second-order valence-corrected chi connectivity index (χ2v) is 7.73. The molecular weight excluding hydrogens is 399 g/mol. The van der Waals surface area contributed by atoms with Crippen LogP contribution in [0.4, 0.5) is 10.3 Å². The van der Waals surface area contributed by atoms with Gasteiger partial charge in [-0.05, 0) is 30.2 Å². The van der Waals surface area contributed by atoms with Gasteiger partial charge in [0.15, 0.2) is 0 Å². The molecule has 0 radical (unpaired) electrons. The maximum absolute atomic E-state index is 13.8. The Bertz CT molecular complexity index is 1160. The van der Waals surface area contributed by atoms with E-state index in [1.807, 2.05) is 25.1 Å². The fourth-order valence-corrected chi connectivity index (χ4v) is 3.75. The maximum atomic E-state index is 13.8. The van der Waals surface area contributed by atoms with Crippen molar-refractivity contribution in [1.82, 2.24) is 24.4 Å². The lowest BCUT2D eigenvalue weighted by molar-refractivity contribution is -0.130. The van der Waals surface area contributed by atoms with Crippen molar-refractivity contribution in [2.75, 3.05) is 32.1 Å². The van der Waals surface area contributed by atoms with E-state index in [0.29, 0.717) is 24.6 Å². The Balaban J connectivity index is 1.60. The van der Waals surface area contributed by atoms with Crippen LogP contribution in [0.25, 0.3) is 11.1 Å². The molecular formula is C22H23FN6O2. The predicted octanol–water partition coefficient (Wildman–Crippen LogP) is 1.92. The average molecular weight is 422 g/mol. The summed E-state index contributed by atoms with van der Waals surface area (Å²) in [4.78, 5) is 41.0. The summed E-state index contributed by atoms with van der Waals surface area (Å²) in [6.07, 6.45) is 5.39. The molecule has 2 aromatic heterocycles. The zero-order valence-corrected chi connectivity index (χ0v) is 17.4. The average Bonchev–Trinajstić information content (AvgIpc) is 3.25. The molecule has 1 aliphatic heterocycles. The number of amides is 1. The first-order chi connectivity index (χ1) is 14.9. The third kappa shape index (κ3) is 4.45. The molecule has 0 spiro atoms. The van der Waals surface area contributed by atoms with Crippen LogP contribution in [0.15, 0.2) is 53.7 Å².